The van der Waals surface area contributed by atoms with Crippen LogP contribution in [-0.4, -0.2) is 30.1 Å². The van der Waals surface area contributed by atoms with Crippen molar-refractivity contribution >= 4 is 17.6 Å². The second kappa shape index (κ2) is 3.95. The number of carbonyl (C=O) groups excluding carboxylic acids is 2. The van der Waals surface area contributed by atoms with E-state index in [4.69, 9.17) is 4.74 Å². The Hall–Kier alpha value is -2.14. The van der Waals surface area contributed by atoms with Crippen LogP contribution in [0, 0.1) is 18.8 Å². The van der Waals surface area contributed by atoms with Crippen molar-refractivity contribution < 1.29 is 19.4 Å². The minimum Gasteiger partial charge on any atom is -0.550 e. The third-order valence-corrected chi connectivity index (χ3v) is 4.72. The van der Waals surface area contributed by atoms with Crippen LogP contribution in [0.15, 0.2) is 36.4 Å². The zero-order valence-corrected chi connectivity index (χ0v) is 11.5. The molecule has 2 fully saturated rings. The Morgan fingerprint density at radius 1 is 1.38 bits per heavy atom. The third kappa shape index (κ3) is 1.55. The lowest BCUT2D eigenvalue weighted by atomic mass is 9.77. The number of ether oxygens (including phenoxy) is 1. The Labute approximate surface area is 121 Å². The van der Waals surface area contributed by atoms with E-state index in [1.54, 1.807) is 11.0 Å². The third-order valence-electron chi connectivity index (χ3n) is 4.72. The van der Waals surface area contributed by atoms with Crippen LogP contribution >= 0.6 is 0 Å². The number of amides is 1. The lowest BCUT2D eigenvalue weighted by Gasteiger charge is -2.24. The van der Waals surface area contributed by atoms with E-state index in [2.05, 4.69) is 0 Å². The topological polar surface area (TPSA) is 69.7 Å². The number of aryl methyl sites for hydroxylation is 1. The van der Waals surface area contributed by atoms with Crippen LogP contribution in [0.3, 0.4) is 0 Å². The Bertz CT molecular complexity index is 665. The summed E-state index contributed by atoms with van der Waals surface area (Å²) in [7, 11) is 0. The summed E-state index contributed by atoms with van der Waals surface area (Å²) in [5, 5.41) is 11.4. The van der Waals surface area contributed by atoms with E-state index >= 15 is 0 Å². The van der Waals surface area contributed by atoms with Gasteiger partial charge in [0.2, 0.25) is 5.91 Å². The summed E-state index contributed by atoms with van der Waals surface area (Å²) in [5.74, 6) is -2.98. The van der Waals surface area contributed by atoms with Crippen molar-refractivity contribution in [3.05, 3.63) is 42.0 Å². The Morgan fingerprint density at radius 3 is 2.76 bits per heavy atom. The first-order valence-corrected chi connectivity index (χ1v) is 6.98. The molecule has 3 aliphatic heterocycles. The molecule has 5 heteroatoms. The van der Waals surface area contributed by atoms with Gasteiger partial charge < -0.3 is 19.5 Å². The average molecular weight is 284 g/mol. The molecule has 4 rings (SSSR count). The SMILES string of the molecule is Cc1ccc(N2C[C@]34C=C[C@@H](O3)[C@H](C(=O)[O-])[C@@H]4C2=O)cc1. The van der Waals surface area contributed by atoms with E-state index in [0.717, 1.165) is 11.3 Å². The summed E-state index contributed by atoms with van der Waals surface area (Å²) in [6, 6.07) is 7.60. The molecule has 0 saturated carbocycles. The summed E-state index contributed by atoms with van der Waals surface area (Å²) >= 11 is 0. The average Bonchev–Trinajstić information content (AvgIpc) is 3.08. The maximum Gasteiger partial charge on any atom is 0.234 e. The number of carboxylic acids is 1. The highest BCUT2D eigenvalue weighted by Crippen LogP contribution is 2.52. The fraction of sp³-hybridized carbons (Fsp3) is 0.375. The molecule has 108 valence electrons. The molecular weight excluding hydrogens is 270 g/mol. The number of benzene rings is 1. The second-order valence-electron chi connectivity index (χ2n) is 5.98. The molecule has 3 heterocycles. The largest absolute Gasteiger partial charge is 0.550 e. The molecule has 4 atom stereocenters. The van der Waals surface area contributed by atoms with E-state index in [1.165, 1.54) is 0 Å². The summed E-state index contributed by atoms with van der Waals surface area (Å²) in [6.45, 7) is 2.33. The van der Waals surface area contributed by atoms with Gasteiger partial charge in [0.15, 0.2) is 0 Å². The molecule has 2 saturated heterocycles. The standard InChI is InChI=1S/C16H15NO4/c1-9-2-4-10(5-3-9)17-8-16-7-6-11(21-16)12(15(19)20)13(16)14(17)18/h2-7,11-13H,8H2,1H3,(H,19,20)/p-1/t11-,12+,13-,16+/m1/s1. The van der Waals surface area contributed by atoms with Crippen LogP contribution in [0.1, 0.15) is 5.56 Å². The van der Waals surface area contributed by atoms with Gasteiger partial charge in [-0.2, -0.15) is 0 Å². The number of hydrogen-bond donors (Lipinski definition) is 0. The van der Waals surface area contributed by atoms with E-state index in [9.17, 15) is 14.7 Å². The first-order chi connectivity index (χ1) is 10.0. The summed E-state index contributed by atoms with van der Waals surface area (Å²) in [6.07, 6.45) is 3.04. The minimum atomic E-state index is -1.21. The van der Waals surface area contributed by atoms with Gasteiger partial charge in [0.05, 0.1) is 18.6 Å². The minimum absolute atomic E-state index is 0.195. The maximum absolute atomic E-state index is 12.7. The van der Waals surface area contributed by atoms with Crippen molar-refractivity contribution in [3.8, 4) is 0 Å². The number of aliphatic carboxylic acids is 1. The summed E-state index contributed by atoms with van der Waals surface area (Å²) < 4.78 is 5.81. The van der Waals surface area contributed by atoms with Crippen LogP contribution < -0.4 is 10.0 Å². The van der Waals surface area contributed by atoms with E-state index in [0.29, 0.717) is 6.54 Å². The lowest BCUT2D eigenvalue weighted by molar-refractivity contribution is -0.313. The number of fused-ring (bicyclic) bond motifs is 1. The van der Waals surface area contributed by atoms with Crippen molar-refractivity contribution in [3.63, 3.8) is 0 Å². The molecule has 2 bridgehead atoms. The van der Waals surface area contributed by atoms with Gasteiger partial charge in [-0.05, 0) is 19.1 Å². The van der Waals surface area contributed by atoms with Gasteiger partial charge in [-0.3, -0.25) is 4.79 Å². The van der Waals surface area contributed by atoms with Crippen LogP contribution in [-0.2, 0) is 14.3 Å². The first-order valence-electron chi connectivity index (χ1n) is 6.98. The molecule has 0 N–H and O–H groups in total. The van der Waals surface area contributed by atoms with Crippen molar-refractivity contribution in [2.24, 2.45) is 11.8 Å². The number of rotatable bonds is 2. The molecule has 1 spiro atoms. The van der Waals surface area contributed by atoms with Gasteiger partial charge in [0, 0.05) is 17.6 Å². The van der Waals surface area contributed by atoms with E-state index < -0.39 is 29.5 Å². The number of hydrogen-bond acceptors (Lipinski definition) is 4. The lowest BCUT2D eigenvalue weighted by Crippen LogP contribution is -2.45. The van der Waals surface area contributed by atoms with Gasteiger partial charge in [-0.15, -0.1) is 0 Å². The number of anilines is 1. The monoisotopic (exact) mass is 284 g/mol. The smallest absolute Gasteiger partial charge is 0.234 e. The molecular formula is C16H14NO4-. The summed E-state index contributed by atoms with van der Waals surface area (Å²) in [4.78, 5) is 25.7. The molecule has 1 aromatic rings. The highest BCUT2D eigenvalue weighted by atomic mass is 16.5. The van der Waals surface area contributed by atoms with Crippen LogP contribution in [0.4, 0.5) is 5.69 Å². The normalized spacial score (nSPS) is 36.3. The predicted octanol–water partition coefficient (Wildman–Crippen LogP) is 0.0313. The first kappa shape index (κ1) is 12.6. The van der Waals surface area contributed by atoms with Gasteiger partial charge in [0.25, 0.3) is 0 Å². The van der Waals surface area contributed by atoms with Crippen molar-refractivity contribution in [2.45, 2.75) is 18.6 Å². The molecule has 0 radical (unpaired) electrons. The Balaban J connectivity index is 1.73. The highest BCUT2D eigenvalue weighted by Gasteiger charge is 2.65. The molecule has 21 heavy (non-hydrogen) atoms. The van der Waals surface area contributed by atoms with Crippen LogP contribution in [0.25, 0.3) is 0 Å². The van der Waals surface area contributed by atoms with E-state index in [-0.39, 0.29) is 5.91 Å². The summed E-state index contributed by atoms with van der Waals surface area (Å²) in [5.41, 5.74) is 1.07. The van der Waals surface area contributed by atoms with Crippen molar-refractivity contribution in [2.75, 3.05) is 11.4 Å². The van der Waals surface area contributed by atoms with Gasteiger partial charge in [-0.25, -0.2) is 0 Å². The number of carbonyl (C=O) groups is 2. The molecule has 0 aromatic heterocycles. The quantitative estimate of drug-likeness (QED) is 0.719. The highest BCUT2D eigenvalue weighted by molar-refractivity contribution is 6.02. The second-order valence-corrected chi connectivity index (χ2v) is 5.98. The Kier molecular flexibility index (Phi) is 2.37. The van der Waals surface area contributed by atoms with Crippen LogP contribution in [0.5, 0.6) is 0 Å². The van der Waals surface area contributed by atoms with Crippen LogP contribution in [0.2, 0.25) is 0 Å². The number of nitrogens with zero attached hydrogens (tertiary/aromatic N) is 1. The number of carboxylic acid groups (broad SMARTS) is 1. The van der Waals surface area contributed by atoms with Gasteiger partial charge >= 0.3 is 0 Å². The molecule has 5 nitrogen and oxygen atoms in total. The molecule has 3 aliphatic rings. The van der Waals surface area contributed by atoms with Gasteiger partial charge in [0.1, 0.15) is 5.60 Å². The molecule has 0 aliphatic carbocycles. The zero-order valence-electron chi connectivity index (χ0n) is 11.5. The van der Waals surface area contributed by atoms with Crippen molar-refractivity contribution in [1.29, 1.82) is 0 Å². The molecule has 1 amide bonds. The van der Waals surface area contributed by atoms with E-state index in [1.807, 2.05) is 37.3 Å². The Morgan fingerprint density at radius 2 is 2.10 bits per heavy atom. The predicted molar refractivity (Wildman–Crippen MR) is 72.3 cm³/mol. The van der Waals surface area contributed by atoms with Gasteiger partial charge in [-0.1, -0.05) is 29.8 Å². The fourth-order valence-electron chi connectivity index (χ4n) is 3.71. The maximum atomic E-state index is 12.7. The molecule has 1 aromatic carbocycles. The fourth-order valence-corrected chi connectivity index (χ4v) is 3.71. The van der Waals surface area contributed by atoms with Crippen molar-refractivity contribution in [1.82, 2.24) is 0 Å². The zero-order chi connectivity index (χ0) is 14.8. The molecule has 0 unspecified atom stereocenters.